The number of hydrogen-bond donors (Lipinski definition) is 2. The summed E-state index contributed by atoms with van der Waals surface area (Å²) >= 11 is 7.02. The van der Waals surface area contributed by atoms with Crippen molar-refractivity contribution in [2.24, 2.45) is 0 Å². The van der Waals surface area contributed by atoms with Crippen molar-refractivity contribution in [1.82, 2.24) is 5.32 Å². The highest BCUT2D eigenvalue weighted by Crippen LogP contribution is 2.36. The zero-order valence-electron chi connectivity index (χ0n) is 14.9. The van der Waals surface area contributed by atoms with Gasteiger partial charge in [-0.25, -0.2) is 18.0 Å². The van der Waals surface area contributed by atoms with Crippen molar-refractivity contribution in [3.63, 3.8) is 0 Å². The van der Waals surface area contributed by atoms with E-state index in [1.165, 1.54) is 18.2 Å². The molecule has 0 saturated heterocycles. The molecule has 2 N–H and O–H groups in total. The number of halogens is 4. The van der Waals surface area contributed by atoms with E-state index in [1.54, 1.807) is 0 Å². The summed E-state index contributed by atoms with van der Waals surface area (Å²) in [6.45, 7) is -1.17. The van der Waals surface area contributed by atoms with Crippen LogP contribution in [0.4, 0.5) is 18.9 Å². The van der Waals surface area contributed by atoms with Crippen LogP contribution in [0.5, 0.6) is 0 Å². The number of esters is 1. The maximum Gasteiger partial charge on any atom is 0.350 e. The first-order chi connectivity index (χ1) is 14.2. The first kappa shape index (κ1) is 21.6. The van der Waals surface area contributed by atoms with Crippen LogP contribution in [0.15, 0.2) is 36.4 Å². The highest BCUT2D eigenvalue weighted by Gasteiger charge is 2.20. The van der Waals surface area contributed by atoms with Crippen LogP contribution < -0.4 is 10.6 Å². The Bertz CT molecular complexity index is 1150. The van der Waals surface area contributed by atoms with E-state index in [2.05, 4.69) is 10.6 Å². The number of ether oxygens (including phenoxy) is 1. The number of hydrogen-bond acceptors (Lipinski definition) is 5. The summed E-state index contributed by atoms with van der Waals surface area (Å²) in [5.74, 6) is -5.02. The molecule has 0 atom stereocenters. The summed E-state index contributed by atoms with van der Waals surface area (Å²) in [4.78, 5) is 35.7. The Morgan fingerprint density at radius 2 is 1.77 bits per heavy atom. The van der Waals surface area contributed by atoms with E-state index in [1.807, 2.05) is 0 Å². The molecule has 0 saturated carbocycles. The zero-order valence-corrected chi connectivity index (χ0v) is 16.5. The first-order valence-corrected chi connectivity index (χ1v) is 9.50. The van der Waals surface area contributed by atoms with Crippen molar-refractivity contribution in [3.05, 3.63) is 63.7 Å². The van der Waals surface area contributed by atoms with Crippen molar-refractivity contribution < 1.29 is 32.3 Å². The number of anilines is 1. The van der Waals surface area contributed by atoms with Gasteiger partial charge in [-0.3, -0.25) is 9.59 Å². The fourth-order valence-corrected chi connectivity index (χ4v) is 3.80. The number of carbonyl (C=O) groups excluding carboxylic acids is 3. The molecule has 1 aromatic heterocycles. The Kier molecular flexibility index (Phi) is 6.58. The zero-order chi connectivity index (χ0) is 21.8. The van der Waals surface area contributed by atoms with Crippen LogP contribution in [-0.2, 0) is 14.3 Å². The molecule has 156 valence electrons. The van der Waals surface area contributed by atoms with E-state index in [0.29, 0.717) is 10.1 Å². The van der Waals surface area contributed by atoms with E-state index in [-0.39, 0.29) is 15.6 Å². The highest BCUT2D eigenvalue weighted by molar-refractivity contribution is 7.21. The lowest BCUT2D eigenvalue weighted by atomic mass is 10.2. The van der Waals surface area contributed by atoms with Crippen LogP contribution in [-0.4, -0.2) is 30.9 Å². The van der Waals surface area contributed by atoms with E-state index in [0.717, 1.165) is 29.5 Å². The molecule has 0 aliphatic carbocycles. The minimum absolute atomic E-state index is 0.00965. The minimum Gasteiger partial charge on any atom is -0.451 e. The lowest BCUT2D eigenvalue weighted by Gasteiger charge is -2.08. The molecule has 6 nitrogen and oxygen atoms in total. The standard InChI is InChI=1S/C19H12ClF3N2O4S/c20-17-11-3-1-9(21)5-14(11)30-18(17)19(28)29-8-16(27)24-7-15(26)25-10-2-4-12(22)13(23)6-10/h1-6H,7-8H2,(H,24,27)(H,25,26). The molecule has 3 rings (SSSR count). The van der Waals surface area contributed by atoms with E-state index in [9.17, 15) is 27.6 Å². The maximum atomic E-state index is 13.3. The van der Waals surface area contributed by atoms with Gasteiger partial charge in [0.2, 0.25) is 5.91 Å². The molecule has 2 aromatic carbocycles. The van der Waals surface area contributed by atoms with Crippen LogP contribution in [0.1, 0.15) is 9.67 Å². The van der Waals surface area contributed by atoms with Gasteiger partial charge in [0, 0.05) is 21.8 Å². The second-order valence-corrected chi connectivity index (χ2v) is 7.35. The van der Waals surface area contributed by atoms with Crippen LogP contribution in [0, 0.1) is 17.5 Å². The Hall–Kier alpha value is -3.11. The third-order valence-corrected chi connectivity index (χ3v) is 5.40. The molecule has 0 aliphatic heterocycles. The van der Waals surface area contributed by atoms with Crippen molar-refractivity contribution >= 4 is 56.5 Å². The van der Waals surface area contributed by atoms with Gasteiger partial charge in [-0.1, -0.05) is 11.6 Å². The SMILES string of the molecule is O=C(COC(=O)c1sc2cc(F)ccc2c1Cl)NCC(=O)Nc1ccc(F)c(F)c1. The molecule has 0 bridgehead atoms. The Balaban J connectivity index is 1.49. The monoisotopic (exact) mass is 456 g/mol. The second-order valence-electron chi connectivity index (χ2n) is 5.92. The number of thiophene rings is 1. The third-order valence-electron chi connectivity index (χ3n) is 3.76. The molecule has 0 aliphatic rings. The number of nitrogens with one attached hydrogen (secondary N) is 2. The molecule has 0 unspecified atom stereocenters. The minimum atomic E-state index is -1.13. The van der Waals surface area contributed by atoms with Gasteiger partial charge in [-0.2, -0.15) is 0 Å². The number of amides is 2. The molecule has 2 amide bonds. The van der Waals surface area contributed by atoms with Gasteiger partial charge in [-0.05, 0) is 30.3 Å². The van der Waals surface area contributed by atoms with Gasteiger partial charge in [0.15, 0.2) is 18.2 Å². The van der Waals surface area contributed by atoms with Gasteiger partial charge in [0.1, 0.15) is 10.7 Å². The molecule has 3 aromatic rings. The quantitative estimate of drug-likeness (QED) is 0.551. The molecule has 0 spiro atoms. The fraction of sp³-hybridized carbons (Fsp3) is 0.105. The fourth-order valence-electron chi connectivity index (χ4n) is 2.38. The number of benzene rings is 2. The summed E-state index contributed by atoms with van der Waals surface area (Å²) in [6.07, 6.45) is 0. The smallest absolute Gasteiger partial charge is 0.350 e. The topological polar surface area (TPSA) is 84.5 Å². The Morgan fingerprint density at radius 3 is 2.50 bits per heavy atom. The molecular formula is C19H12ClF3N2O4S. The molecule has 1 heterocycles. The summed E-state index contributed by atoms with van der Waals surface area (Å²) in [5.41, 5.74) is 0.00965. The van der Waals surface area contributed by atoms with Gasteiger partial charge in [-0.15, -0.1) is 11.3 Å². The second kappa shape index (κ2) is 9.14. The van der Waals surface area contributed by atoms with Crippen LogP contribution in [0.25, 0.3) is 10.1 Å². The van der Waals surface area contributed by atoms with Gasteiger partial charge in [0.25, 0.3) is 5.91 Å². The normalized spacial score (nSPS) is 10.7. The largest absolute Gasteiger partial charge is 0.451 e. The van der Waals surface area contributed by atoms with E-state index >= 15 is 0 Å². The first-order valence-electron chi connectivity index (χ1n) is 8.31. The van der Waals surface area contributed by atoms with Gasteiger partial charge < -0.3 is 15.4 Å². The lowest BCUT2D eigenvalue weighted by Crippen LogP contribution is -2.35. The van der Waals surface area contributed by atoms with Crippen LogP contribution >= 0.6 is 22.9 Å². The van der Waals surface area contributed by atoms with Crippen LogP contribution in [0.2, 0.25) is 5.02 Å². The molecule has 11 heteroatoms. The number of carbonyl (C=O) groups is 3. The van der Waals surface area contributed by atoms with Gasteiger partial charge in [0.05, 0.1) is 11.6 Å². The average molecular weight is 457 g/mol. The predicted molar refractivity (Wildman–Crippen MR) is 105 cm³/mol. The lowest BCUT2D eigenvalue weighted by molar-refractivity contribution is -0.126. The Labute approximate surface area is 176 Å². The van der Waals surface area contributed by atoms with E-state index in [4.69, 9.17) is 16.3 Å². The van der Waals surface area contributed by atoms with Crippen molar-refractivity contribution in [3.8, 4) is 0 Å². The van der Waals surface area contributed by atoms with E-state index < -0.39 is 48.4 Å². The molecular weight excluding hydrogens is 445 g/mol. The summed E-state index contributed by atoms with van der Waals surface area (Å²) in [6, 6.07) is 6.64. The molecule has 30 heavy (non-hydrogen) atoms. The van der Waals surface area contributed by atoms with Crippen molar-refractivity contribution in [2.75, 3.05) is 18.5 Å². The third kappa shape index (κ3) is 5.08. The Morgan fingerprint density at radius 1 is 1.00 bits per heavy atom. The summed E-state index contributed by atoms with van der Waals surface area (Å²) in [7, 11) is 0. The van der Waals surface area contributed by atoms with Gasteiger partial charge >= 0.3 is 5.97 Å². The predicted octanol–water partition coefficient (Wildman–Crippen LogP) is 3.88. The van der Waals surface area contributed by atoms with Crippen molar-refractivity contribution in [2.45, 2.75) is 0 Å². The average Bonchev–Trinajstić information content (AvgIpc) is 3.03. The molecule has 0 fully saturated rings. The summed E-state index contributed by atoms with van der Waals surface area (Å²) in [5, 5.41) is 5.05. The number of rotatable bonds is 6. The number of fused-ring (bicyclic) bond motifs is 1. The van der Waals surface area contributed by atoms with Crippen molar-refractivity contribution in [1.29, 1.82) is 0 Å². The maximum absolute atomic E-state index is 13.3. The highest BCUT2D eigenvalue weighted by atomic mass is 35.5. The van der Waals surface area contributed by atoms with Crippen LogP contribution in [0.3, 0.4) is 0 Å². The molecule has 0 radical (unpaired) electrons. The summed E-state index contributed by atoms with van der Waals surface area (Å²) < 4.78 is 44.6.